The first-order valence-corrected chi connectivity index (χ1v) is 14.7. The zero-order chi connectivity index (χ0) is 18.6. The van der Waals surface area contributed by atoms with Gasteiger partial charge in [-0.05, 0) is 12.8 Å². The van der Waals surface area contributed by atoms with E-state index >= 15 is 0 Å². The summed E-state index contributed by atoms with van der Waals surface area (Å²) in [6.07, 6.45) is 18.8. The summed E-state index contributed by atoms with van der Waals surface area (Å²) >= 11 is 8.96. The van der Waals surface area contributed by atoms with Gasteiger partial charge in [-0.3, -0.25) is 0 Å². The number of thiol groups is 2. The normalized spacial score (nSPS) is 12.0. The highest BCUT2D eigenvalue weighted by molar-refractivity contribution is 8.82. The highest BCUT2D eigenvalue weighted by atomic mass is 33.1. The van der Waals surface area contributed by atoms with E-state index in [1.165, 1.54) is 89.9 Å². The summed E-state index contributed by atoms with van der Waals surface area (Å²) in [5.41, 5.74) is 0. The van der Waals surface area contributed by atoms with Crippen LogP contribution in [0.1, 0.15) is 117 Å². The molecule has 0 aromatic rings. The first-order chi connectivity index (χ1) is 12.1. The average Bonchev–Trinajstić information content (AvgIpc) is 2.59. The van der Waals surface area contributed by atoms with E-state index in [0.717, 1.165) is 26.1 Å². The SMILES string of the molecule is CCCCCCCCCCO[P+](S)(S)OCCCCCCCCCC. The molecule has 0 saturated carbocycles. The van der Waals surface area contributed by atoms with Gasteiger partial charge in [-0.2, -0.15) is 9.05 Å². The molecule has 0 aromatic carbocycles. The fourth-order valence-corrected chi connectivity index (χ4v) is 4.66. The van der Waals surface area contributed by atoms with Crippen LogP contribution in [-0.2, 0) is 9.05 Å². The molecule has 152 valence electrons. The van der Waals surface area contributed by atoms with Crippen molar-refractivity contribution in [1.29, 1.82) is 0 Å². The smallest absolute Gasteiger partial charge is 0.183 e. The van der Waals surface area contributed by atoms with Crippen LogP contribution < -0.4 is 0 Å². The molecule has 0 rings (SSSR count). The van der Waals surface area contributed by atoms with Crippen LogP contribution in [0.3, 0.4) is 0 Å². The zero-order valence-corrected chi connectivity index (χ0v) is 19.6. The fraction of sp³-hybridized carbons (Fsp3) is 1.00. The molecule has 25 heavy (non-hydrogen) atoms. The van der Waals surface area contributed by atoms with Crippen molar-refractivity contribution < 1.29 is 9.05 Å². The Morgan fingerprint density at radius 1 is 0.480 bits per heavy atom. The molecule has 0 unspecified atom stereocenters. The van der Waals surface area contributed by atoms with Gasteiger partial charge in [0.2, 0.25) is 0 Å². The molecule has 0 aliphatic rings. The molecule has 0 aromatic heterocycles. The lowest BCUT2D eigenvalue weighted by molar-refractivity contribution is 0.247. The lowest BCUT2D eigenvalue weighted by Crippen LogP contribution is -1.97. The van der Waals surface area contributed by atoms with Crippen LogP contribution in [0.25, 0.3) is 0 Å². The second-order valence-electron chi connectivity index (χ2n) is 7.11. The molecule has 0 aliphatic heterocycles. The van der Waals surface area contributed by atoms with Gasteiger partial charge in [0.1, 0.15) is 0 Å². The van der Waals surface area contributed by atoms with Gasteiger partial charge in [0.05, 0.1) is 37.7 Å². The Labute approximate surface area is 169 Å². The number of hydrogen-bond donors (Lipinski definition) is 2. The molecular formula is C20H44O2PS2+. The monoisotopic (exact) mass is 411 g/mol. The van der Waals surface area contributed by atoms with Crippen molar-refractivity contribution >= 4 is 30.6 Å². The maximum atomic E-state index is 5.76. The molecule has 0 amide bonds. The first kappa shape index (κ1) is 26.1. The van der Waals surface area contributed by atoms with Crippen molar-refractivity contribution in [2.75, 3.05) is 13.2 Å². The molecular weight excluding hydrogens is 367 g/mol. The molecule has 0 N–H and O–H groups in total. The van der Waals surface area contributed by atoms with Gasteiger partial charge < -0.3 is 0 Å². The van der Waals surface area contributed by atoms with Crippen LogP contribution in [0.4, 0.5) is 0 Å². The summed E-state index contributed by atoms with van der Waals surface area (Å²) in [6.45, 7) is 5.98. The van der Waals surface area contributed by atoms with E-state index in [1.807, 2.05) is 0 Å². The van der Waals surface area contributed by atoms with Crippen molar-refractivity contribution in [2.45, 2.75) is 117 Å². The van der Waals surface area contributed by atoms with E-state index in [4.69, 9.17) is 9.05 Å². The molecule has 0 saturated heterocycles. The third kappa shape index (κ3) is 21.2. The Bertz CT molecular complexity index is 242. The highest BCUT2D eigenvalue weighted by Crippen LogP contribution is 2.70. The van der Waals surface area contributed by atoms with Gasteiger partial charge in [-0.15, -0.1) is 0 Å². The fourth-order valence-electron chi connectivity index (χ4n) is 2.88. The Morgan fingerprint density at radius 2 is 0.760 bits per heavy atom. The molecule has 0 radical (unpaired) electrons. The molecule has 0 heterocycles. The van der Waals surface area contributed by atoms with Gasteiger partial charge in [0, 0.05) is 0 Å². The molecule has 0 aliphatic carbocycles. The van der Waals surface area contributed by atoms with Gasteiger partial charge in [0.25, 0.3) is 0 Å². The molecule has 5 heteroatoms. The van der Waals surface area contributed by atoms with E-state index in [1.54, 1.807) is 0 Å². The Morgan fingerprint density at radius 3 is 1.08 bits per heavy atom. The molecule has 2 nitrogen and oxygen atoms in total. The zero-order valence-electron chi connectivity index (χ0n) is 16.9. The minimum atomic E-state index is -2.19. The molecule has 0 fully saturated rings. The van der Waals surface area contributed by atoms with Crippen LogP contribution in [0.2, 0.25) is 0 Å². The van der Waals surface area contributed by atoms with Crippen LogP contribution in [0.15, 0.2) is 0 Å². The second-order valence-corrected chi connectivity index (χ2v) is 12.7. The Balaban J connectivity index is 3.32. The third-order valence-corrected chi connectivity index (χ3v) is 6.94. The summed E-state index contributed by atoms with van der Waals surface area (Å²) in [6, 6.07) is 0. The van der Waals surface area contributed by atoms with Crippen molar-refractivity contribution in [3.05, 3.63) is 0 Å². The van der Waals surface area contributed by atoms with Gasteiger partial charge in [0.15, 0.2) is 0 Å². The topological polar surface area (TPSA) is 18.5 Å². The van der Waals surface area contributed by atoms with Gasteiger partial charge in [-0.25, -0.2) is 0 Å². The van der Waals surface area contributed by atoms with Gasteiger partial charge in [-0.1, -0.05) is 104 Å². The predicted molar refractivity (Wildman–Crippen MR) is 122 cm³/mol. The van der Waals surface area contributed by atoms with Crippen molar-refractivity contribution in [2.24, 2.45) is 0 Å². The van der Waals surface area contributed by atoms with Crippen LogP contribution >= 0.6 is 30.6 Å². The summed E-state index contributed by atoms with van der Waals surface area (Å²) in [7, 11) is 0. The van der Waals surface area contributed by atoms with Crippen molar-refractivity contribution in [3.8, 4) is 0 Å². The highest BCUT2D eigenvalue weighted by Gasteiger charge is 2.33. The quantitative estimate of drug-likeness (QED) is 0.118. The predicted octanol–water partition coefficient (Wildman–Crippen LogP) is 8.84. The molecule has 0 spiro atoms. The maximum Gasteiger partial charge on any atom is 0.389 e. The van der Waals surface area contributed by atoms with E-state index in [-0.39, 0.29) is 0 Å². The third-order valence-electron chi connectivity index (χ3n) is 4.51. The largest absolute Gasteiger partial charge is 0.389 e. The number of rotatable bonds is 20. The van der Waals surface area contributed by atoms with E-state index < -0.39 is 6.12 Å². The molecule has 0 bridgehead atoms. The Kier molecular flexibility index (Phi) is 20.6. The number of hydrogen-bond acceptors (Lipinski definition) is 4. The number of unbranched alkanes of at least 4 members (excludes halogenated alkanes) is 14. The first-order valence-electron chi connectivity index (χ1n) is 10.8. The summed E-state index contributed by atoms with van der Waals surface area (Å²) in [5, 5.41) is 0. The average molecular weight is 412 g/mol. The summed E-state index contributed by atoms with van der Waals surface area (Å²) in [5.74, 6) is 0. The Hall–Kier alpha value is 1.05. The lowest BCUT2D eigenvalue weighted by atomic mass is 10.1. The summed E-state index contributed by atoms with van der Waals surface area (Å²) in [4.78, 5) is 0. The maximum absolute atomic E-state index is 5.76. The minimum absolute atomic E-state index is 0.729. The summed E-state index contributed by atoms with van der Waals surface area (Å²) < 4.78 is 11.5. The van der Waals surface area contributed by atoms with Gasteiger partial charge >= 0.3 is 6.12 Å². The minimum Gasteiger partial charge on any atom is -0.183 e. The van der Waals surface area contributed by atoms with Crippen molar-refractivity contribution in [1.82, 2.24) is 0 Å². The van der Waals surface area contributed by atoms with Crippen LogP contribution in [-0.4, -0.2) is 13.2 Å². The molecule has 0 atom stereocenters. The van der Waals surface area contributed by atoms with E-state index in [2.05, 4.69) is 38.3 Å². The second kappa shape index (κ2) is 19.8. The van der Waals surface area contributed by atoms with E-state index in [0.29, 0.717) is 0 Å². The van der Waals surface area contributed by atoms with Crippen LogP contribution in [0.5, 0.6) is 0 Å². The van der Waals surface area contributed by atoms with E-state index in [9.17, 15) is 0 Å². The van der Waals surface area contributed by atoms with Crippen LogP contribution in [0, 0.1) is 0 Å². The standard InChI is InChI=1S/C20H44O2PS2/c1-3-5-7-9-11-13-15-17-19-21-23(24,25)22-20-18-16-14-12-10-8-6-4-2/h24-25H,3-20H2,1-2H3/q+1. The lowest BCUT2D eigenvalue weighted by Gasteiger charge is -2.12. The van der Waals surface area contributed by atoms with Crippen molar-refractivity contribution in [3.63, 3.8) is 0 Å².